The molecule has 1 aromatic rings. The largest absolute Gasteiger partial charge is 0.394 e. The first kappa shape index (κ1) is 24.5. The molecule has 34 heavy (non-hydrogen) atoms. The smallest absolute Gasteiger partial charge is 0.250 e. The number of fused-ring (bicyclic) bond motifs is 1. The minimum absolute atomic E-state index is 0.257. The van der Waals surface area contributed by atoms with Gasteiger partial charge in [-0.1, -0.05) is 0 Å². The van der Waals surface area contributed by atoms with Crippen LogP contribution < -0.4 is 15.5 Å². The number of nitrogens with zero attached hydrogens (tertiary/aromatic N) is 2. The number of aliphatic hydroxyl groups is 1. The number of hydrogen-bond donors (Lipinski definition) is 3. The third-order valence-electron chi connectivity index (χ3n) is 7.99. The Morgan fingerprint density at radius 2 is 1.85 bits per heavy atom. The molecule has 1 aromatic carbocycles. The Hall–Kier alpha value is -2.65. The zero-order chi connectivity index (χ0) is 24.8. The van der Waals surface area contributed by atoms with Crippen LogP contribution in [0.4, 0.5) is 11.4 Å². The molecular formula is C25H36N4O5. The molecule has 0 radical (unpaired) electrons. The molecule has 3 heterocycles. The van der Waals surface area contributed by atoms with Gasteiger partial charge in [-0.3, -0.25) is 14.4 Å². The van der Waals surface area contributed by atoms with E-state index in [-0.39, 0.29) is 24.3 Å². The lowest BCUT2D eigenvalue weighted by Gasteiger charge is -2.35. The average molecular weight is 473 g/mol. The number of hydrogen-bond acceptors (Lipinski definition) is 6. The Kier molecular flexibility index (Phi) is 6.37. The van der Waals surface area contributed by atoms with E-state index in [0.717, 1.165) is 18.8 Å². The highest BCUT2D eigenvalue weighted by Crippen LogP contribution is 2.63. The van der Waals surface area contributed by atoms with Crippen molar-refractivity contribution in [3.05, 3.63) is 24.3 Å². The molecule has 3 amide bonds. The highest BCUT2D eigenvalue weighted by atomic mass is 16.5. The fraction of sp³-hybridized carbons (Fsp3) is 0.640. The van der Waals surface area contributed by atoms with Gasteiger partial charge >= 0.3 is 0 Å². The standard InChI is InChI=1S/C25H36N4O5/c1-6-28(7-2)17-10-8-16(9-11-17)27-22(32)20-25-13-12-24(4,34-25)18(21(31)26-5)19(25)23(33)29(20)15(3)14-30/h8-11,15,18-20,30H,6-7,12-14H2,1-5H3,(H,26,31)(H,27,32)/t15-,18+,19+,20?,24-,25?/m1/s1. The summed E-state index contributed by atoms with van der Waals surface area (Å²) in [5, 5.41) is 15.5. The number of likely N-dealkylation sites (tertiary alicyclic amines) is 1. The van der Waals surface area contributed by atoms with Crippen LogP contribution in [0.3, 0.4) is 0 Å². The maximum atomic E-state index is 13.7. The van der Waals surface area contributed by atoms with Gasteiger partial charge in [0.15, 0.2) is 0 Å². The fourth-order valence-electron chi connectivity index (χ4n) is 6.34. The molecule has 3 aliphatic heterocycles. The fourth-order valence-corrected chi connectivity index (χ4v) is 6.34. The van der Waals surface area contributed by atoms with Crippen LogP contribution in [-0.4, -0.2) is 77.8 Å². The van der Waals surface area contributed by atoms with Gasteiger partial charge in [-0.2, -0.15) is 0 Å². The Balaban J connectivity index is 1.67. The molecular weight excluding hydrogens is 436 g/mol. The first-order chi connectivity index (χ1) is 16.2. The second-order valence-electron chi connectivity index (χ2n) is 9.83. The topological polar surface area (TPSA) is 111 Å². The number of carbonyl (C=O) groups excluding carboxylic acids is 3. The summed E-state index contributed by atoms with van der Waals surface area (Å²) in [6.07, 6.45) is 1.08. The maximum absolute atomic E-state index is 13.7. The molecule has 186 valence electrons. The summed E-state index contributed by atoms with van der Waals surface area (Å²) in [5.74, 6) is -2.38. The second kappa shape index (κ2) is 8.85. The summed E-state index contributed by atoms with van der Waals surface area (Å²) >= 11 is 0. The summed E-state index contributed by atoms with van der Waals surface area (Å²) < 4.78 is 6.48. The van der Waals surface area contributed by atoms with E-state index < -0.39 is 35.1 Å². The van der Waals surface area contributed by atoms with Crippen LogP contribution in [0.1, 0.15) is 40.5 Å². The van der Waals surface area contributed by atoms with Crippen molar-refractivity contribution in [3.63, 3.8) is 0 Å². The van der Waals surface area contributed by atoms with Gasteiger partial charge in [-0.25, -0.2) is 0 Å². The van der Waals surface area contributed by atoms with E-state index in [1.165, 1.54) is 4.90 Å². The van der Waals surface area contributed by atoms with Crippen molar-refractivity contribution < 1.29 is 24.2 Å². The molecule has 3 fully saturated rings. The number of rotatable bonds is 8. The van der Waals surface area contributed by atoms with E-state index >= 15 is 0 Å². The van der Waals surface area contributed by atoms with E-state index in [2.05, 4.69) is 29.4 Å². The molecule has 2 bridgehead atoms. The molecule has 0 aliphatic carbocycles. The van der Waals surface area contributed by atoms with Crippen LogP contribution in [0, 0.1) is 11.8 Å². The number of carbonyl (C=O) groups is 3. The quantitative estimate of drug-likeness (QED) is 0.527. The van der Waals surface area contributed by atoms with Gasteiger partial charge in [-0.15, -0.1) is 0 Å². The molecule has 9 heteroatoms. The van der Waals surface area contributed by atoms with Crippen molar-refractivity contribution >= 4 is 29.1 Å². The van der Waals surface area contributed by atoms with Crippen LogP contribution in [0.25, 0.3) is 0 Å². The van der Waals surface area contributed by atoms with Crippen LogP contribution >= 0.6 is 0 Å². The summed E-state index contributed by atoms with van der Waals surface area (Å²) in [4.78, 5) is 43.9. The number of benzene rings is 1. The van der Waals surface area contributed by atoms with Gasteiger partial charge in [0.2, 0.25) is 17.7 Å². The number of nitrogens with one attached hydrogen (secondary N) is 2. The average Bonchev–Trinajstić information content (AvgIpc) is 3.40. The van der Waals surface area contributed by atoms with Crippen molar-refractivity contribution in [2.75, 3.05) is 37.0 Å². The predicted molar refractivity (Wildman–Crippen MR) is 128 cm³/mol. The zero-order valence-electron chi connectivity index (χ0n) is 20.6. The second-order valence-corrected chi connectivity index (χ2v) is 9.83. The normalized spacial score (nSPS) is 32.5. The summed E-state index contributed by atoms with van der Waals surface area (Å²) in [7, 11) is 1.55. The Labute approximate surface area is 200 Å². The lowest BCUT2D eigenvalue weighted by molar-refractivity contribution is -0.147. The Bertz CT molecular complexity index is 965. The van der Waals surface area contributed by atoms with Crippen LogP contribution in [0.2, 0.25) is 0 Å². The van der Waals surface area contributed by atoms with E-state index in [0.29, 0.717) is 18.5 Å². The number of anilines is 2. The van der Waals surface area contributed by atoms with E-state index in [1.54, 1.807) is 14.0 Å². The molecule has 1 spiro atoms. The minimum atomic E-state index is -1.10. The summed E-state index contributed by atoms with van der Waals surface area (Å²) in [5.41, 5.74) is -0.227. The SMILES string of the molecule is CCN(CC)c1ccc(NC(=O)C2N([C@H](C)CO)C(=O)[C@@H]3[C@@H](C(=O)NC)[C@@]4(C)CCC23O4)cc1. The third kappa shape index (κ3) is 3.48. The molecule has 4 rings (SSSR count). The number of ether oxygens (including phenoxy) is 1. The molecule has 0 aromatic heterocycles. The Morgan fingerprint density at radius 1 is 1.21 bits per heavy atom. The van der Waals surface area contributed by atoms with Crippen molar-refractivity contribution in [1.82, 2.24) is 10.2 Å². The summed E-state index contributed by atoms with van der Waals surface area (Å²) in [6.45, 7) is 9.21. The molecule has 6 atom stereocenters. The monoisotopic (exact) mass is 472 g/mol. The first-order valence-electron chi connectivity index (χ1n) is 12.2. The molecule has 9 nitrogen and oxygen atoms in total. The lowest BCUT2D eigenvalue weighted by Crippen LogP contribution is -2.55. The van der Waals surface area contributed by atoms with Gasteiger partial charge in [0.1, 0.15) is 11.6 Å². The van der Waals surface area contributed by atoms with Gasteiger partial charge in [0.05, 0.1) is 30.1 Å². The third-order valence-corrected chi connectivity index (χ3v) is 7.99. The van der Waals surface area contributed by atoms with Gasteiger partial charge in [0.25, 0.3) is 0 Å². The maximum Gasteiger partial charge on any atom is 0.250 e. The molecule has 3 N–H and O–H groups in total. The highest BCUT2D eigenvalue weighted by Gasteiger charge is 2.78. The lowest BCUT2D eigenvalue weighted by atomic mass is 9.66. The molecule has 3 saturated heterocycles. The van der Waals surface area contributed by atoms with Crippen molar-refractivity contribution in [1.29, 1.82) is 0 Å². The van der Waals surface area contributed by atoms with Crippen LogP contribution in [-0.2, 0) is 19.1 Å². The number of amides is 3. The summed E-state index contributed by atoms with van der Waals surface area (Å²) in [6, 6.07) is 6.08. The molecule has 2 unspecified atom stereocenters. The van der Waals surface area contributed by atoms with Gasteiger partial charge < -0.3 is 30.3 Å². The minimum Gasteiger partial charge on any atom is -0.394 e. The Morgan fingerprint density at radius 3 is 2.41 bits per heavy atom. The van der Waals surface area contributed by atoms with Crippen molar-refractivity contribution in [2.45, 2.75) is 63.8 Å². The first-order valence-corrected chi connectivity index (χ1v) is 12.2. The molecule has 0 saturated carbocycles. The van der Waals surface area contributed by atoms with E-state index in [1.807, 2.05) is 31.2 Å². The van der Waals surface area contributed by atoms with Crippen LogP contribution in [0.15, 0.2) is 24.3 Å². The zero-order valence-corrected chi connectivity index (χ0v) is 20.6. The van der Waals surface area contributed by atoms with Crippen LogP contribution in [0.5, 0.6) is 0 Å². The number of aliphatic hydroxyl groups excluding tert-OH is 1. The van der Waals surface area contributed by atoms with Gasteiger partial charge in [0, 0.05) is 31.5 Å². The highest BCUT2D eigenvalue weighted by molar-refractivity contribution is 6.04. The van der Waals surface area contributed by atoms with Crippen molar-refractivity contribution in [2.24, 2.45) is 11.8 Å². The molecule has 3 aliphatic rings. The van der Waals surface area contributed by atoms with Crippen molar-refractivity contribution in [3.8, 4) is 0 Å². The van der Waals surface area contributed by atoms with E-state index in [9.17, 15) is 19.5 Å². The van der Waals surface area contributed by atoms with Gasteiger partial charge in [-0.05, 0) is 64.8 Å². The van der Waals surface area contributed by atoms with E-state index in [4.69, 9.17) is 4.74 Å². The predicted octanol–water partition coefficient (Wildman–Crippen LogP) is 1.36.